The van der Waals surface area contributed by atoms with Crippen molar-refractivity contribution in [3.63, 3.8) is 0 Å². The Kier molecular flexibility index (Phi) is 7.11. The molecule has 0 amide bonds. The van der Waals surface area contributed by atoms with Crippen molar-refractivity contribution >= 4 is 5.97 Å². The molecule has 0 unspecified atom stereocenters. The summed E-state index contributed by atoms with van der Waals surface area (Å²) in [7, 11) is 2.05. The number of hydrogen-bond donors (Lipinski definition) is 0. The maximum atomic E-state index is 10.9. The van der Waals surface area contributed by atoms with E-state index in [4.69, 9.17) is 4.74 Å². The molecule has 0 heterocycles. The summed E-state index contributed by atoms with van der Waals surface area (Å²) >= 11 is 0. The molecule has 0 N–H and O–H groups in total. The quantitative estimate of drug-likeness (QED) is 0.483. The number of ether oxygens (including phenoxy) is 1. The molecule has 82 valence electrons. The van der Waals surface area contributed by atoms with Crippen molar-refractivity contribution < 1.29 is 9.53 Å². The van der Waals surface area contributed by atoms with Crippen LogP contribution in [0.15, 0.2) is 12.2 Å². The minimum atomic E-state index is -0.157. The standard InChI is InChI=1S/C11H21NO2/c1-5-14-11(13)8-6-7-9-12(4)10(2)3/h6-7,10H,5,8-9H2,1-4H3/b7-6+. The van der Waals surface area contributed by atoms with Gasteiger partial charge in [-0.15, -0.1) is 0 Å². The number of likely N-dealkylation sites (N-methyl/N-ethyl adjacent to an activating group) is 1. The predicted octanol–water partition coefficient (Wildman–Crippen LogP) is 1.84. The Morgan fingerprint density at radius 2 is 2.07 bits per heavy atom. The summed E-state index contributed by atoms with van der Waals surface area (Å²) in [5, 5.41) is 0. The molecule has 0 aliphatic heterocycles. The summed E-state index contributed by atoms with van der Waals surface area (Å²) in [5.74, 6) is -0.157. The minimum absolute atomic E-state index is 0.157. The number of rotatable bonds is 6. The first kappa shape index (κ1) is 13.2. The first-order chi connectivity index (χ1) is 6.57. The van der Waals surface area contributed by atoms with E-state index < -0.39 is 0 Å². The fourth-order valence-corrected chi connectivity index (χ4v) is 0.851. The van der Waals surface area contributed by atoms with E-state index in [1.165, 1.54) is 0 Å². The third-order valence-electron chi connectivity index (χ3n) is 2.03. The second-order valence-corrected chi connectivity index (χ2v) is 3.51. The summed E-state index contributed by atoms with van der Waals surface area (Å²) in [6.45, 7) is 7.42. The molecule has 0 saturated carbocycles. The van der Waals surface area contributed by atoms with Crippen molar-refractivity contribution in [2.24, 2.45) is 0 Å². The van der Waals surface area contributed by atoms with E-state index in [-0.39, 0.29) is 5.97 Å². The zero-order valence-electron chi connectivity index (χ0n) is 9.62. The lowest BCUT2D eigenvalue weighted by atomic mass is 10.3. The summed E-state index contributed by atoms with van der Waals surface area (Å²) < 4.78 is 4.79. The molecule has 3 nitrogen and oxygen atoms in total. The molecule has 0 aromatic heterocycles. The molecule has 0 saturated heterocycles. The molecule has 14 heavy (non-hydrogen) atoms. The van der Waals surface area contributed by atoms with Gasteiger partial charge in [-0.05, 0) is 27.8 Å². The van der Waals surface area contributed by atoms with Crippen LogP contribution in [0.4, 0.5) is 0 Å². The summed E-state index contributed by atoms with van der Waals surface area (Å²) in [6.07, 6.45) is 4.23. The lowest BCUT2D eigenvalue weighted by molar-refractivity contribution is -0.142. The molecule has 0 aliphatic rings. The first-order valence-electron chi connectivity index (χ1n) is 5.08. The van der Waals surface area contributed by atoms with E-state index >= 15 is 0 Å². The monoisotopic (exact) mass is 199 g/mol. The molecule has 0 aromatic rings. The number of nitrogens with zero attached hydrogens (tertiary/aromatic N) is 1. The van der Waals surface area contributed by atoms with Crippen LogP contribution in [-0.4, -0.2) is 37.1 Å². The molecule has 0 atom stereocenters. The van der Waals surface area contributed by atoms with Gasteiger partial charge in [0.2, 0.25) is 0 Å². The van der Waals surface area contributed by atoms with Gasteiger partial charge < -0.3 is 9.64 Å². The van der Waals surface area contributed by atoms with Gasteiger partial charge in [0.05, 0.1) is 13.0 Å². The maximum Gasteiger partial charge on any atom is 0.309 e. The van der Waals surface area contributed by atoms with E-state index in [0.717, 1.165) is 6.54 Å². The highest BCUT2D eigenvalue weighted by Gasteiger charge is 2.00. The largest absolute Gasteiger partial charge is 0.466 e. The molecule has 0 aliphatic carbocycles. The van der Waals surface area contributed by atoms with Gasteiger partial charge in [-0.2, -0.15) is 0 Å². The van der Waals surface area contributed by atoms with Crippen LogP contribution >= 0.6 is 0 Å². The fourth-order valence-electron chi connectivity index (χ4n) is 0.851. The average Bonchev–Trinajstić information content (AvgIpc) is 2.12. The molecule has 0 fully saturated rings. The van der Waals surface area contributed by atoms with Gasteiger partial charge in [0.1, 0.15) is 0 Å². The topological polar surface area (TPSA) is 29.5 Å². The lowest BCUT2D eigenvalue weighted by Crippen LogP contribution is -2.26. The van der Waals surface area contributed by atoms with Crippen LogP contribution in [0, 0.1) is 0 Å². The van der Waals surface area contributed by atoms with Crippen molar-refractivity contribution in [3.05, 3.63) is 12.2 Å². The van der Waals surface area contributed by atoms with Gasteiger partial charge in [0.15, 0.2) is 0 Å². The first-order valence-corrected chi connectivity index (χ1v) is 5.08. The Morgan fingerprint density at radius 1 is 1.43 bits per heavy atom. The Labute approximate surface area is 86.7 Å². The molecule has 0 spiro atoms. The number of hydrogen-bond acceptors (Lipinski definition) is 3. The van der Waals surface area contributed by atoms with Gasteiger partial charge in [0.25, 0.3) is 0 Å². The van der Waals surface area contributed by atoms with Crippen molar-refractivity contribution in [2.75, 3.05) is 20.2 Å². The Balaban J connectivity index is 3.58. The third-order valence-corrected chi connectivity index (χ3v) is 2.03. The molecule has 0 bridgehead atoms. The second kappa shape index (κ2) is 7.56. The molecule has 0 radical (unpaired) electrons. The zero-order chi connectivity index (χ0) is 11.0. The summed E-state index contributed by atoms with van der Waals surface area (Å²) in [6, 6.07) is 0.530. The van der Waals surface area contributed by atoms with Gasteiger partial charge >= 0.3 is 5.97 Å². The predicted molar refractivity (Wildman–Crippen MR) is 58.2 cm³/mol. The van der Waals surface area contributed by atoms with Crippen LogP contribution in [-0.2, 0) is 9.53 Å². The number of esters is 1. The molecule has 3 heteroatoms. The zero-order valence-corrected chi connectivity index (χ0v) is 9.62. The van der Waals surface area contributed by atoms with E-state index in [2.05, 4.69) is 25.8 Å². The smallest absolute Gasteiger partial charge is 0.309 e. The van der Waals surface area contributed by atoms with Gasteiger partial charge in [-0.1, -0.05) is 12.2 Å². The van der Waals surface area contributed by atoms with Gasteiger partial charge in [-0.25, -0.2) is 0 Å². The van der Waals surface area contributed by atoms with Crippen molar-refractivity contribution in [1.29, 1.82) is 0 Å². The van der Waals surface area contributed by atoms with Crippen LogP contribution in [0.5, 0.6) is 0 Å². The van der Waals surface area contributed by atoms with E-state index in [1.807, 2.05) is 19.1 Å². The second-order valence-electron chi connectivity index (χ2n) is 3.51. The maximum absolute atomic E-state index is 10.9. The molecular formula is C11H21NO2. The van der Waals surface area contributed by atoms with Crippen LogP contribution in [0.25, 0.3) is 0 Å². The highest BCUT2D eigenvalue weighted by atomic mass is 16.5. The normalized spacial score (nSPS) is 11.6. The van der Waals surface area contributed by atoms with E-state index in [1.54, 1.807) is 0 Å². The highest BCUT2D eigenvalue weighted by Crippen LogP contribution is 1.94. The van der Waals surface area contributed by atoms with Gasteiger partial charge in [0, 0.05) is 12.6 Å². The van der Waals surface area contributed by atoms with E-state index in [9.17, 15) is 4.79 Å². The number of carbonyl (C=O) groups excluding carboxylic acids is 1. The van der Waals surface area contributed by atoms with Crippen molar-refractivity contribution in [3.8, 4) is 0 Å². The SMILES string of the molecule is CCOC(=O)C/C=C/CN(C)C(C)C. The van der Waals surface area contributed by atoms with E-state index in [0.29, 0.717) is 19.1 Å². The fraction of sp³-hybridized carbons (Fsp3) is 0.727. The van der Waals surface area contributed by atoms with Crippen LogP contribution < -0.4 is 0 Å². The Hall–Kier alpha value is -0.830. The van der Waals surface area contributed by atoms with Crippen molar-refractivity contribution in [2.45, 2.75) is 33.2 Å². The molecule has 0 rings (SSSR count). The third kappa shape index (κ3) is 6.66. The minimum Gasteiger partial charge on any atom is -0.466 e. The van der Waals surface area contributed by atoms with Crippen LogP contribution in [0.3, 0.4) is 0 Å². The Morgan fingerprint density at radius 3 is 2.57 bits per heavy atom. The van der Waals surface area contributed by atoms with Crippen LogP contribution in [0.2, 0.25) is 0 Å². The van der Waals surface area contributed by atoms with Crippen LogP contribution in [0.1, 0.15) is 27.2 Å². The summed E-state index contributed by atoms with van der Waals surface area (Å²) in [5.41, 5.74) is 0. The highest BCUT2D eigenvalue weighted by molar-refractivity contribution is 5.71. The summed E-state index contributed by atoms with van der Waals surface area (Å²) in [4.78, 5) is 13.1. The van der Waals surface area contributed by atoms with Gasteiger partial charge in [-0.3, -0.25) is 4.79 Å². The Bertz CT molecular complexity index is 188. The molecular weight excluding hydrogens is 178 g/mol. The number of carbonyl (C=O) groups is 1. The van der Waals surface area contributed by atoms with Crippen molar-refractivity contribution in [1.82, 2.24) is 4.90 Å². The average molecular weight is 199 g/mol. The lowest BCUT2D eigenvalue weighted by Gasteiger charge is -2.18. The molecule has 0 aromatic carbocycles.